The van der Waals surface area contributed by atoms with Gasteiger partial charge in [-0.05, 0) is 44.4 Å². The van der Waals surface area contributed by atoms with Crippen molar-refractivity contribution in [2.75, 3.05) is 42.9 Å². The van der Waals surface area contributed by atoms with Crippen LogP contribution in [0.3, 0.4) is 0 Å². The van der Waals surface area contributed by atoms with Gasteiger partial charge in [-0.3, -0.25) is 9.69 Å². The number of likely N-dealkylation sites (N-methyl/N-ethyl adjacent to an activating group) is 1. The van der Waals surface area contributed by atoms with Gasteiger partial charge < -0.3 is 15.1 Å². The van der Waals surface area contributed by atoms with Crippen LogP contribution in [0, 0.1) is 12.8 Å². The Morgan fingerprint density at radius 3 is 2.75 bits per heavy atom. The lowest BCUT2D eigenvalue weighted by Gasteiger charge is -2.33. The number of pyridine rings is 1. The first-order valence-corrected chi connectivity index (χ1v) is 15.0. The fourth-order valence-electron chi connectivity index (χ4n) is 6.37. The van der Waals surface area contributed by atoms with Crippen molar-refractivity contribution < 1.29 is 4.79 Å². The molecule has 1 amide bonds. The van der Waals surface area contributed by atoms with Gasteiger partial charge in [0.05, 0.1) is 10.2 Å². The number of nitrogens with zero attached hydrogens (tertiary/aromatic N) is 7. The summed E-state index contributed by atoms with van der Waals surface area (Å²) in [5, 5.41) is 4.27. The van der Waals surface area contributed by atoms with Gasteiger partial charge in [0, 0.05) is 73.4 Å². The summed E-state index contributed by atoms with van der Waals surface area (Å²) >= 11 is 1.59. The molecule has 0 radical (unpaired) electrons. The summed E-state index contributed by atoms with van der Waals surface area (Å²) in [6, 6.07) is 12.8. The van der Waals surface area contributed by atoms with Gasteiger partial charge in [-0.1, -0.05) is 26.0 Å². The Balaban J connectivity index is 1.10. The van der Waals surface area contributed by atoms with Gasteiger partial charge in [-0.25, -0.2) is 15.0 Å². The zero-order valence-corrected chi connectivity index (χ0v) is 24.0. The molecule has 1 aromatic carbocycles. The molecule has 2 bridgehead atoms. The van der Waals surface area contributed by atoms with Gasteiger partial charge in [0.1, 0.15) is 16.6 Å². The van der Waals surface area contributed by atoms with E-state index in [0.29, 0.717) is 23.8 Å². The minimum Gasteiger partial charge on any atom is -0.338 e. The number of nitrogens with one attached hydrogen (secondary N) is 1. The molecule has 3 aliphatic rings. The Bertz CT molecular complexity index is 1590. The van der Waals surface area contributed by atoms with Crippen molar-refractivity contribution in [3.63, 3.8) is 0 Å². The van der Waals surface area contributed by atoms with E-state index >= 15 is 0 Å². The van der Waals surface area contributed by atoms with Crippen molar-refractivity contribution in [2.45, 2.75) is 45.7 Å². The topological polar surface area (TPSA) is 90.4 Å². The highest BCUT2D eigenvalue weighted by atomic mass is 32.1. The first-order valence-electron chi connectivity index (χ1n) is 14.2. The van der Waals surface area contributed by atoms with Crippen LogP contribution in [0.4, 0.5) is 17.6 Å². The van der Waals surface area contributed by atoms with E-state index in [-0.39, 0.29) is 5.91 Å². The Labute approximate surface area is 238 Å². The first kappa shape index (κ1) is 25.3. The minimum atomic E-state index is 0.101. The minimum absolute atomic E-state index is 0.101. The molecule has 0 unspecified atom stereocenters. The second kappa shape index (κ2) is 10.1. The Kier molecular flexibility index (Phi) is 6.39. The number of hydrogen-bond acceptors (Lipinski definition) is 9. The number of fused-ring (bicyclic) bond motifs is 3. The Morgan fingerprint density at radius 1 is 1.07 bits per heavy atom. The van der Waals surface area contributed by atoms with Crippen LogP contribution in [-0.2, 0) is 0 Å². The molecule has 3 aromatic heterocycles. The maximum Gasteiger partial charge on any atom is 0.253 e. The lowest BCUT2D eigenvalue weighted by molar-refractivity contribution is 0.0788. The average molecular weight is 555 g/mol. The van der Waals surface area contributed by atoms with E-state index < -0.39 is 0 Å². The van der Waals surface area contributed by atoms with Gasteiger partial charge in [0.2, 0.25) is 5.95 Å². The third-order valence-electron chi connectivity index (χ3n) is 8.46. The summed E-state index contributed by atoms with van der Waals surface area (Å²) in [5.74, 6) is 2.89. The summed E-state index contributed by atoms with van der Waals surface area (Å²) in [6.45, 7) is 11.3. The molecule has 3 fully saturated rings. The molecule has 10 heteroatoms. The van der Waals surface area contributed by atoms with Crippen LogP contribution in [-0.4, -0.2) is 80.5 Å². The molecule has 4 aromatic rings. The monoisotopic (exact) mass is 554 g/mol. The van der Waals surface area contributed by atoms with Gasteiger partial charge in [0.25, 0.3) is 5.91 Å². The Morgan fingerprint density at radius 2 is 1.98 bits per heavy atom. The number of aromatic nitrogens is 4. The summed E-state index contributed by atoms with van der Waals surface area (Å²) in [5.41, 5.74) is 3.46. The molecule has 1 N–H and O–H groups in total. The Hall–Kier alpha value is -3.63. The van der Waals surface area contributed by atoms with Crippen LogP contribution in [0.15, 0.2) is 42.6 Å². The molecule has 0 aliphatic carbocycles. The smallest absolute Gasteiger partial charge is 0.253 e. The molecular weight excluding hydrogens is 520 g/mol. The van der Waals surface area contributed by atoms with Gasteiger partial charge in [-0.2, -0.15) is 4.98 Å². The van der Waals surface area contributed by atoms with Crippen LogP contribution >= 0.6 is 11.3 Å². The normalized spacial score (nSPS) is 22.5. The van der Waals surface area contributed by atoms with E-state index in [1.807, 2.05) is 54.4 Å². The zero-order chi connectivity index (χ0) is 27.4. The number of hydrogen-bond donors (Lipinski definition) is 1. The summed E-state index contributed by atoms with van der Waals surface area (Å²) in [7, 11) is 0. The van der Waals surface area contributed by atoms with Gasteiger partial charge in [0.15, 0.2) is 0 Å². The second-order valence-corrected chi connectivity index (χ2v) is 12.4. The number of rotatable bonds is 6. The molecule has 0 spiro atoms. The number of anilines is 3. The van der Waals surface area contributed by atoms with Crippen LogP contribution in [0.1, 0.15) is 42.7 Å². The van der Waals surface area contributed by atoms with Crippen LogP contribution in [0.25, 0.3) is 20.8 Å². The van der Waals surface area contributed by atoms with Gasteiger partial charge in [-0.15, -0.1) is 11.3 Å². The van der Waals surface area contributed by atoms with Crippen LogP contribution < -0.4 is 10.2 Å². The molecule has 6 heterocycles. The van der Waals surface area contributed by atoms with E-state index in [4.69, 9.17) is 15.0 Å². The third kappa shape index (κ3) is 4.69. The zero-order valence-electron chi connectivity index (χ0n) is 23.2. The quantitative estimate of drug-likeness (QED) is 0.358. The third-order valence-corrected chi connectivity index (χ3v) is 9.51. The van der Waals surface area contributed by atoms with E-state index in [1.165, 1.54) is 6.42 Å². The number of amides is 1. The average Bonchev–Trinajstić information content (AvgIpc) is 3.75. The molecule has 0 saturated carbocycles. The predicted octanol–water partition coefficient (Wildman–Crippen LogP) is 4.97. The van der Waals surface area contributed by atoms with E-state index in [1.54, 1.807) is 11.3 Å². The molecule has 3 saturated heterocycles. The van der Waals surface area contributed by atoms with Crippen LogP contribution in [0.5, 0.6) is 0 Å². The molecule has 9 nitrogen and oxygen atoms in total. The highest BCUT2D eigenvalue weighted by Crippen LogP contribution is 2.34. The largest absolute Gasteiger partial charge is 0.338 e. The lowest BCUT2D eigenvalue weighted by Crippen LogP contribution is -2.46. The number of piperazine rings is 1. The van der Waals surface area contributed by atoms with Crippen molar-refractivity contribution in [3.05, 3.63) is 53.9 Å². The SMILES string of the molecule is CCN1C[C@@H]2C[C@H]1CN2c1nc(C)cc(Nc2cc3nc(-c4cccc(C(=O)N5CC[C@H](C)C5)c4)sc3cn2)n1. The van der Waals surface area contributed by atoms with Crippen LogP contribution in [0.2, 0.25) is 0 Å². The summed E-state index contributed by atoms with van der Waals surface area (Å²) in [4.78, 5) is 39.1. The standard InChI is InChI=1S/C30H34N8OS/c1-4-36-16-23-12-22(36)17-38(23)30-32-19(3)10-27(35-30)34-26-13-24-25(14-31-26)40-28(33-24)20-6-5-7-21(11-20)29(39)37-9-8-18(2)15-37/h5-7,10-11,13-14,18,22-23H,4,8-9,12,15-17H2,1-3H3,(H,31,32,34,35)/t18-,22-,23-/m0/s1. The summed E-state index contributed by atoms with van der Waals surface area (Å²) < 4.78 is 0.999. The molecular formula is C30H34N8OS. The van der Waals surface area contributed by atoms with Crippen molar-refractivity contribution in [3.8, 4) is 10.6 Å². The number of carbonyl (C=O) groups excluding carboxylic acids is 1. The molecule has 7 rings (SSSR count). The van der Waals surface area contributed by atoms with Crippen molar-refractivity contribution >= 4 is 45.0 Å². The van der Waals surface area contributed by atoms with E-state index in [9.17, 15) is 4.79 Å². The van der Waals surface area contributed by atoms with E-state index in [2.05, 4.69) is 33.9 Å². The number of likely N-dealkylation sites (tertiary alicyclic amines) is 2. The van der Waals surface area contributed by atoms with Gasteiger partial charge >= 0.3 is 0 Å². The predicted molar refractivity (Wildman–Crippen MR) is 159 cm³/mol. The molecule has 40 heavy (non-hydrogen) atoms. The maximum absolute atomic E-state index is 13.0. The van der Waals surface area contributed by atoms with Crippen molar-refractivity contribution in [2.24, 2.45) is 5.92 Å². The number of aryl methyl sites for hydroxylation is 1. The summed E-state index contributed by atoms with van der Waals surface area (Å²) in [6.07, 6.45) is 4.11. The fraction of sp³-hybridized carbons (Fsp3) is 0.433. The highest BCUT2D eigenvalue weighted by Gasteiger charge is 2.43. The second-order valence-electron chi connectivity index (χ2n) is 11.4. The molecule has 3 atom stereocenters. The van der Waals surface area contributed by atoms with Crippen molar-refractivity contribution in [1.29, 1.82) is 0 Å². The lowest BCUT2D eigenvalue weighted by atomic mass is 10.1. The van der Waals surface area contributed by atoms with E-state index in [0.717, 1.165) is 83.0 Å². The number of carbonyl (C=O) groups is 1. The number of benzene rings is 1. The fourth-order valence-corrected chi connectivity index (χ4v) is 7.28. The first-order chi connectivity index (χ1) is 19.4. The van der Waals surface area contributed by atoms with Crippen molar-refractivity contribution in [1.82, 2.24) is 29.7 Å². The highest BCUT2D eigenvalue weighted by molar-refractivity contribution is 7.21. The molecule has 206 valence electrons. The molecule has 3 aliphatic heterocycles. The number of thiazole rings is 1. The maximum atomic E-state index is 13.0.